The van der Waals surface area contributed by atoms with E-state index in [0.717, 1.165) is 0 Å². The van der Waals surface area contributed by atoms with Crippen molar-refractivity contribution in [3.63, 3.8) is 0 Å². The van der Waals surface area contributed by atoms with Crippen LogP contribution in [0.25, 0.3) is 0 Å². The Labute approximate surface area is 72.8 Å². The predicted molar refractivity (Wildman–Crippen MR) is 43.9 cm³/mol. The van der Waals surface area contributed by atoms with E-state index in [4.69, 9.17) is 9.47 Å². The van der Waals surface area contributed by atoms with Crippen molar-refractivity contribution in [2.75, 3.05) is 26.9 Å². The van der Waals surface area contributed by atoms with E-state index in [1.807, 2.05) is 13.8 Å². The summed E-state index contributed by atoms with van der Waals surface area (Å²) in [5, 5.41) is 0. The number of hydrogen-bond acceptors (Lipinski definition) is 4. The number of carbonyl (C=O) groups excluding carboxylic acids is 1. The molecule has 0 fully saturated rings. The molecule has 0 bridgehead atoms. The van der Waals surface area contributed by atoms with Crippen LogP contribution in [0.2, 0.25) is 0 Å². The molecule has 0 aromatic carbocycles. The van der Waals surface area contributed by atoms with E-state index in [1.54, 1.807) is 0 Å². The second kappa shape index (κ2) is 7.06. The van der Waals surface area contributed by atoms with Crippen LogP contribution in [0.1, 0.15) is 13.8 Å². The minimum atomic E-state index is -0.583. The molecule has 0 aliphatic rings. The van der Waals surface area contributed by atoms with Crippen LogP contribution in [0.15, 0.2) is 0 Å². The van der Waals surface area contributed by atoms with Gasteiger partial charge >= 0.3 is 5.97 Å². The number of hydrogen-bond donors (Lipinski definition) is 0. The van der Waals surface area contributed by atoms with Crippen LogP contribution in [0.4, 0.5) is 0 Å². The third-order valence-electron chi connectivity index (χ3n) is 1.31. The fourth-order valence-electron chi connectivity index (χ4n) is 0.742. The van der Waals surface area contributed by atoms with Crippen molar-refractivity contribution in [3.05, 3.63) is 0 Å². The van der Waals surface area contributed by atoms with Crippen molar-refractivity contribution in [3.8, 4) is 0 Å². The Bertz CT molecular complexity index is 124. The maximum absolute atomic E-state index is 11.0. The average molecular weight is 176 g/mol. The van der Waals surface area contributed by atoms with Gasteiger partial charge in [-0.15, -0.1) is 0 Å². The summed E-state index contributed by atoms with van der Waals surface area (Å²) >= 11 is 0. The topological polar surface area (TPSA) is 44.8 Å². The molecule has 0 aliphatic heterocycles. The van der Waals surface area contributed by atoms with E-state index >= 15 is 0 Å². The Balaban J connectivity index is 3.76. The Hall–Kier alpha value is -0.610. The Morgan fingerprint density at radius 3 is 2.42 bits per heavy atom. The minimum Gasteiger partial charge on any atom is -0.467 e. The molecule has 12 heavy (non-hydrogen) atoms. The van der Waals surface area contributed by atoms with E-state index < -0.39 is 6.10 Å². The highest BCUT2D eigenvalue weighted by molar-refractivity contribution is 5.74. The van der Waals surface area contributed by atoms with Crippen LogP contribution in [-0.4, -0.2) is 39.0 Å². The summed E-state index contributed by atoms with van der Waals surface area (Å²) in [6.45, 7) is 4.99. The molecule has 0 aliphatic carbocycles. The smallest absolute Gasteiger partial charge is 0.337 e. The van der Waals surface area contributed by atoms with Crippen LogP contribution in [0.3, 0.4) is 0 Å². The molecule has 0 saturated carbocycles. The first kappa shape index (κ1) is 11.4. The zero-order chi connectivity index (χ0) is 9.40. The van der Waals surface area contributed by atoms with E-state index in [1.165, 1.54) is 7.11 Å². The SMILES string of the molecule is CCOC[C@H](OCC)C(=O)OC. The van der Waals surface area contributed by atoms with Crippen LogP contribution in [-0.2, 0) is 19.0 Å². The van der Waals surface area contributed by atoms with Crippen LogP contribution >= 0.6 is 0 Å². The molecule has 1 atom stereocenters. The predicted octanol–water partition coefficient (Wildman–Crippen LogP) is 0.601. The highest BCUT2D eigenvalue weighted by atomic mass is 16.6. The first-order chi connectivity index (χ1) is 5.76. The molecule has 72 valence electrons. The highest BCUT2D eigenvalue weighted by Gasteiger charge is 2.18. The first-order valence-corrected chi connectivity index (χ1v) is 4.03. The van der Waals surface area contributed by atoms with Gasteiger partial charge in [0.05, 0.1) is 13.7 Å². The van der Waals surface area contributed by atoms with E-state index in [2.05, 4.69) is 4.74 Å². The number of rotatable bonds is 6. The van der Waals surface area contributed by atoms with Crippen molar-refractivity contribution < 1.29 is 19.0 Å². The van der Waals surface area contributed by atoms with Gasteiger partial charge in [-0.2, -0.15) is 0 Å². The fourth-order valence-corrected chi connectivity index (χ4v) is 0.742. The average Bonchev–Trinajstić information content (AvgIpc) is 2.11. The lowest BCUT2D eigenvalue weighted by molar-refractivity contribution is -0.157. The molecule has 4 heteroatoms. The number of esters is 1. The summed E-state index contributed by atoms with van der Waals surface area (Å²) in [4.78, 5) is 11.0. The lowest BCUT2D eigenvalue weighted by Crippen LogP contribution is -2.30. The van der Waals surface area contributed by atoms with Crippen molar-refractivity contribution in [1.82, 2.24) is 0 Å². The normalized spacial score (nSPS) is 12.6. The van der Waals surface area contributed by atoms with Crippen molar-refractivity contribution in [2.45, 2.75) is 20.0 Å². The summed E-state index contributed by atoms with van der Waals surface area (Å²) in [5.41, 5.74) is 0. The van der Waals surface area contributed by atoms with Crippen LogP contribution < -0.4 is 0 Å². The third-order valence-corrected chi connectivity index (χ3v) is 1.31. The van der Waals surface area contributed by atoms with Gasteiger partial charge in [0.1, 0.15) is 0 Å². The molecule has 0 unspecified atom stereocenters. The van der Waals surface area contributed by atoms with E-state index in [9.17, 15) is 4.79 Å². The molecule has 0 heterocycles. The molecular formula is C8H16O4. The van der Waals surface area contributed by atoms with Crippen LogP contribution in [0, 0.1) is 0 Å². The van der Waals surface area contributed by atoms with Gasteiger partial charge in [0.25, 0.3) is 0 Å². The number of methoxy groups -OCH3 is 1. The van der Waals surface area contributed by atoms with Crippen LogP contribution in [0.5, 0.6) is 0 Å². The van der Waals surface area contributed by atoms with Gasteiger partial charge in [-0.05, 0) is 13.8 Å². The molecule has 0 aromatic heterocycles. The van der Waals surface area contributed by atoms with Gasteiger partial charge in [-0.25, -0.2) is 4.79 Å². The molecule has 4 nitrogen and oxygen atoms in total. The van der Waals surface area contributed by atoms with Gasteiger partial charge < -0.3 is 14.2 Å². The van der Waals surface area contributed by atoms with E-state index in [0.29, 0.717) is 13.2 Å². The molecule has 0 N–H and O–H groups in total. The molecular weight excluding hydrogens is 160 g/mol. The molecule has 0 aromatic rings. The Kier molecular flexibility index (Phi) is 6.70. The largest absolute Gasteiger partial charge is 0.467 e. The van der Waals surface area contributed by atoms with Gasteiger partial charge in [-0.3, -0.25) is 0 Å². The van der Waals surface area contributed by atoms with Crippen molar-refractivity contribution >= 4 is 5.97 Å². The lowest BCUT2D eigenvalue weighted by atomic mass is 10.4. The first-order valence-electron chi connectivity index (χ1n) is 4.03. The van der Waals surface area contributed by atoms with Crippen molar-refractivity contribution in [1.29, 1.82) is 0 Å². The second-order valence-corrected chi connectivity index (χ2v) is 2.13. The maximum atomic E-state index is 11.0. The van der Waals surface area contributed by atoms with E-state index in [-0.39, 0.29) is 12.6 Å². The molecule has 0 spiro atoms. The van der Waals surface area contributed by atoms with Crippen molar-refractivity contribution in [2.24, 2.45) is 0 Å². The second-order valence-electron chi connectivity index (χ2n) is 2.13. The lowest BCUT2D eigenvalue weighted by Gasteiger charge is -2.13. The summed E-state index contributed by atoms with van der Waals surface area (Å²) < 4.78 is 14.7. The number of carbonyl (C=O) groups is 1. The van der Waals surface area contributed by atoms with Gasteiger partial charge in [0, 0.05) is 13.2 Å². The standard InChI is InChI=1S/C8H16O4/c1-4-11-6-7(12-5-2)8(9)10-3/h7H,4-6H2,1-3H3/t7-/m0/s1. The Morgan fingerprint density at radius 2 is 2.00 bits per heavy atom. The summed E-state index contributed by atoms with van der Waals surface area (Å²) in [6, 6.07) is 0. The number of ether oxygens (including phenoxy) is 3. The molecule has 0 saturated heterocycles. The maximum Gasteiger partial charge on any atom is 0.337 e. The zero-order valence-electron chi connectivity index (χ0n) is 7.83. The fraction of sp³-hybridized carbons (Fsp3) is 0.875. The van der Waals surface area contributed by atoms with Gasteiger partial charge in [0.2, 0.25) is 0 Å². The zero-order valence-corrected chi connectivity index (χ0v) is 7.83. The van der Waals surface area contributed by atoms with Gasteiger partial charge in [-0.1, -0.05) is 0 Å². The minimum absolute atomic E-state index is 0.261. The third kappa shape index (κ3) is 4.31. The summed E-state index contributed by atoms with van der Waals surface area (Å²) in [5.74, 6) is -0.384. The molecule has 0 radical (unpaired) electrons. The summed E-state index contributed by atoms with van der Waals surface area (Å²) in [7, 11) is 1.33. The quantitative estimate of drug-likeness (QED) is 0.556. The monoisotopic (exact) mass is 176 g/mol. The molecule has 0 rings (SSSR count). The Morgan fingerprint density at radius 1 is 1.33 bits per heavy atom. The molecule has 0 amide bonds. The highest BCUT2D eigenvalue weighted by Crippen LogP contribution is 1.96. The van der Waals surface area contributed by atoms with Gasteiger partial charge in [0.15, 0.2) is 6.10 Å². The summed E-state index contributed by atoms with van der Waals surface area (Å²) in [6.07, 6.45) is -0.583.